The largest absolute Gasteiger partial charge is 0.381 e. The van der Waals surface area contributed by atoms with Crippen molar-refractivity contribution >= 4 is 11.8 Å². The average molecular weight is 265 g/mol. The second kappa shape index (κ2) is 7.50. The number of amides is 2. The highest BCUT2D eigenvalue weighted by atomic mass is 16.3. The lowest BCUT2D eigenvalue weighted by Crippen LogP contribution is -2.40. The molecule has 0 heterocycles. The van der Waals surface area contributed by atoms with Crippen LogP contribution >= 0.6 is 0 Å². The van der Waals surface area contributed by atoms with Crippen molar-refractivity contribution in [2.24, 2.45) is 11.5 Å². The predicted molar refractivity (Wildman–Crippen MR) is 70.8 cm³/mol. The SMILES string of the molecule is NC(=O)C(O)CNC(=O)CCC(N)c1ccccc1. The molecule has 2 atom stereocenters. The van der Waals surface area contributed by atoms with Crippen molar-refractivity contribution in [1.29, 1.82) is 0 Å². The molecule has 6 nitrogen and oxygen atoms in total. The zero-order valence-corrected chi connectivity index (χ0v) is 10.6. The zero-order chi connectivity index (χ0) is 14.3. The molecule has 104 valence electrons. The molecular weight excluding hydrogens is 246 g/mol. The third kappa shape index (κ3) is 5.50. The van der Waals surface area contributed by atoms with Crippen molar-refractivity contribution in [1.82, 2.24) is 5.32 Å². The molecule has 0 aliphatic rings. The van der Waals surface area contributed by atoms with Gasteiger partial charge in [0.1, 0.15) is 6.10 Å². The lowest BCUT2D eigenvalue weighted by atomic mass is 10.0. The number of benzene rings is 1. The number of hydrogen-bond donors (Lipinski definition) is 4. The maximum atomic E-state index is 11.5. The molecule has 0 radical (unpaired) electrons. The fourth-order valence-corrected chi connectivity index (χ4v) is 1.55. The first-order valence-electron chi connectivity index (χ1n) is 6.05. The van der Waals surface area contributed by atoms with Gasteiger partial charge in [-0.2, -0.15) is 0 Å². The summed E-state index contributed by atoms with van der Waals surface area (Å²) in [5, 5.41) is 11.5. The molecule has 0 aliphatic carbocycles. The first kappa shape index (κ1) is 15.1. The molecule has 1 rings (SSSR count). The van der Waals surface area contributed by atoms with Crippen molar-refractivity contribution in [3.8, 4) is 0 Å². The molecule has 0 fully saturated rings. The number of rotatable bonds is 7. The fraction of sp³-hybridized carbons (Fsp3) is 0.385. The Labute approximate surface area is 111 Å². The quantitative estimate of drug-likeness (QED) is 0.528. The van der Waals surface area contributed by atoms with Gasteiger partial charge in [-0.05, 0) is 12.0 Å². The van der Waals surface area contributed by atoms with Crippen LogP contribution in [0.2, 0.25) is 0 Å². The molecule has 0 aromatic heterocycles. The molecule has 0 spiro atoms. The Morgan fingerprint density at radius 1 is 1.26 bits per heavy atom. The van der Waals surface area contributed by atoms with Gasteiger partial charge in [0.15, 0.2) is 0 Å². The monoisotopic (exact) mass is 265 g/mol. The van der Waals surface area contributed by atoms with Crippen LogP contribution in [0.4, 0.5) is 0 Å². The standard InChI is InChI=1S/C13H19N3O3/c14-10(9-4-2-1-3-5-9)6-7-12(18)16-8-11(17)13(15)19/h1-5,10-11,17H,6-8,14H2,(H2,15,19)(H,16,18). The Morgan fingerprint density at radius 2 is 1.89 bits per heavy atom. The zero-order valence-electron chi connectivity index (χ0n) is 10.6. The molecule has 0 bridgehead atoms. The van der Waals surface area contributed by atoms with Crippen LogP contribution in [-0.4, -0.2) is 29.6 Å². The molecule has 0 saturated carbocycles. The number of aliphatic hydroxyl groups is 1. The Morgan fingerprint density at radius 3 is 2.47 bits per heavy atom. The van der Waals surface area contributed by atoms with Gasteiger partial charge < -0.3 is 21.9 Å². The minimum atomic E-state index is -1.35. The van der Waals surface area contributed by atoms with Crippen molar-refractivity contribution < 1.29 is 14.7 Å². The van der Waals surface area contributed by atoms with Gasteiger partial charge in [-0.1, -0.05) is 30.3 Å². The molecule has 0 aliphatic heterocycles. The van der Waals surface area contributed by atoms with Crippen LogP contribution < -0.4 is 16.8 Å². The minimum Gasteiger partial charge on any atom is -0.381 e. The molecule has 0 saturated heterocycles. The molecule has 1 aromatic rings. The fourth-order valence-electron chi connectivity index (χ4n) is 1.55. The van der Waals surface area contributed by atoms with Gasteiger partial charge in [0.05, 0.1) is 6.54 Å². The highest BCUT2D eigenvalue weighted by Crippen LogP contribution is 2.14. The Bertz CT molecular complexity index is 422. The van der Waals surface area contributed by atoms with Crippen LogP contribution in [0.5, 0.6) is 0 Å². The van der Waals surface area contributed by atoms with E-state index in [2.05, 4.69) is 5.32 Å². The van der Waals surface area contributed by atoms with Gasteiger partial charge in [-0.15, -0.1) is 0 Å². The van der Waals surface area contributed by atoms with E-state index < -0.39 is 12.0 Å². The van der Waals surface area contributed by atoms with Gasteiger partial charge >= 0.3 is 0 Å². The highest BCUT2D eigenvalue weighted by Gasteiger charge is 2.13. The summed E-state index contributed by atoms with van der Waals surface area (Å²) >= 11 is 0. The van der Waals surface area contributed by atoms with Crippen LogP contribution in [0, 0.1) is 0 Å². The third-order valence-electron chi connectivity index (χ3n) is 2.73. The lowest BCUT2D eigenvalue weighted by Gasteiger charge is -2.12. The van der Waals surface area contributed by atoms with E-state index in [1.165, 1.54) is 0 Å². The van der Waals surface area contributed by atoms with Crippen LogP contribution in [0.25, 0.3) is 0 Å². The van der Waals surface area contributed by atoms with Crippen molar-refractivity contribution in [2.75, 3.05) is 6.54 Å². The maximum Gasteiger partial charge on any atom is 0.248 e. The molecule has 6 heteroatoms. The summed E-state index contributed by atoms with van der Waals surface area (Å²) in [7, 11) is 0. The number of nitrogens with one attached hydrogen (secondary N) is 1. The number of hydrogen-bond acceptors (Lipinski definition) is 4. The molecule has 1 aromatic carbocycles. The smallest absolute Gasteiger partial charge is 0.248 e. The predicted octanol–water partition coefficient (Wildman–Crippen LogP) is -0.571. The Kier molecular flexibility index (Phi) is 5.98. The summed E-state index contributed by atoms with van der Waals surface area (Å²) in [4.78, 5) is 22.0. The van der Waals surface area contributed by atoms with Crippen molar-refractivity contribution in [3.63, 3.8) is 0 Å². The number of carbonyl (C=O) groups excluding carboxylic acids is 2. The number of primary amides is 1. The minimum absolute atomic E-state index is 0.172. The molecule has 2 amide bonds. The van der Waals surface area contributed by atoms with E-state index in [1.54, 1.807) is 0 Å². The summed E-state index contributed by atoms with van der Waals surface area (Å²) in [6.45, 7) is -0.172. The van der Waals surface area contributed by atoms with Crippen molar-refractivity contribution in [3.05, 3.63) is 35.9 Å². The van der Waals surface area contributed by atoms with E-state index in [-0.39, 0.29) is 24.9 Å². The van der Waals surface area contributed by atoms with Crippen LogP contribution in [-0.2, 0) is 9.59 Å². The van der Waals surface area contributed by atoms with Gasteiger partial charge in [0.25, 0.3) is 0 Å². The Balaban J connectivity index is 2.29. The normalized spacial score (nSPS) is 13.6. The number of nitrogens with two attached hydrogens (primary N) is 2. The topological polar surface area (TPSA) is 118 Å². The molecule has 6 N–H and O–H groups in total. The van der Waals surface area contributed by atoms with Gasteiger partial charge in [0, 0.05) is 12.5 Å². The van der Waals surface area contributed by atoms with E-state index in [1.807, 2.05) is 30.3 Å². The second-order valence-electron chi connectivity index (χ2n) is 4.28. The third-order valence-corrected chi connectivity index (χ3v) is 2.73. The highest BCUT2D eigenvalue weighted by molar-refractivity contribution is 5.80. The van der Waals surface area contributed by atoms with Crippen LogP contribution in [0.3, 0.4) is 0 Å². The van der Waals surface area contributed by atoms with E-state index in [0.717, 1.165) is 5.56 Å². The maximum absolute atomic E-state index is 11.5. The summed E-state index contributed by atoms with van der Waals surface area (Å²) < 4.78 is 0. The second-order valence-corrected chi connectivity index (χ2v) is 4.28. The molecule has 19 heavy (non-hydrogen) atoms. The van der Waals surface area contributed by atoms with Crippen molar-refractivity contribution in [2.45, 2.75) is 25.0 Å². The van der Waals surface area contributed by atoms with E-state index in [4.69, 9.17) is 16.6 Å². The van der Waals surface area contributed by atoms with Crippen LogP contribution in [0.1, 0.15) is 24.4 Å². The first-order valence-corrected chi connectivity index (χ1v) is 6.05. The first-order chi connectivity index (χ1) is 9.00. The van der Waals surface area contributed by atoms with Gasteiger partial charge in [0.2, 0.25) is 11.8 Å². The van der Waals surface area contributed by atoms with E-state index in [9.17, 15) is 9.59 Å². The summed E-state index contributed by atoms with van der Waals surface area (Å²) in [6, 6.07) is 9.26. The summed E-state index contributed by atoms with van der Waals surface area (Å²) in [5.74, 6) is -1.13. The number of aliphatic hydroxyl groups excluding tert-OH is 1. The number of carbonyl (C=O) groups is 2. The summed E-state index contributed by atoms with van der Waals surface area (Å²) in [6.07, 6.45) is -0.643. The Hall–Kier alpha value is -1.92. The van der Waals surface area contributed by atoms with E-state index in [0.29, 0.717) is 6.42 Å². The van der Waals surface area contributed by atoms with Crippen LogP contribution in [0.15, 0.2) is 30.3 Å². The average Bonchev–Trinajstić information content (AvgIpc) is 2.42. The van der Waals surface area contributed by atoms with Gasteiger partial charge in [-0.3, -0.25) is 9.59 Å². The van der Waals surface area contributed by atoms with E-state index >= 15 is 0 Å². The van der Waals surface area contributed by atoms with Gasteiger partial charge in [-0.25, -0.2) is 0 Å². The lowest BCUT2D eigenvalue weighted by molar-refractivity contribution is -0.127. The molecular formula is C13H19N3O3. The summed E-state index contributed by atoms with van der Waals surface area (Å²) in [5.41, 5.74) is 11.8. The molecule has 2 unspecified atom stereocenters.